The van der Waals surface area contributed by atoms with Gasteiger partial charge in [0.25, 0.3) is 6.47 Å². The summed E-state index contributed by atoms with van der Waals surface area (Å²) in [4.78, 5) is 29.0. The molecule has 7 aromatic rings. The molecule has 1 N–H and O–H groups in total. The number of allylic oxidation sites excluding steroid dienone is 6. The molecule has 0 bridgehead atoms. The van der Waals surface area contributed by atoms with E-state index < -0.39 is 11.4 Å². The zero-order valence-electron chi connectivity index (χ0n) is 47.7. The second-order valence-electron chi connectivity index (χ2n) is 23.0. The predicted octanol–water partition coefficient (Wildman–Crippen LogP) is 19.2. The van der Waals surface area contributed by atoms with Crippen LogP contribution in [0.2, 0.25) is 0 Å². The predicted molar refractivity (Wildman–Crippen MR) is 334 cm³/mol. The van der Waals surface area contributed by atoms with Crippen LogP contribution in [0.4, 0.5) is 11.4 Å². The Balaban J connectivity index is 1.18. The second-order valence-corrected chi connectivity index (χ2v) is 24.0. The molecule has 7 heteroatoms. The Kier molecular flexibility index (Phi) is 19.9. The average Bonchev–Trinajstić information content (AvgIpc) is 4.33. The summed E-state index contributed by atoms with van der Waals surface area (Å²) in [6.45, 7) is 9.61. The molecule has 2 atom stereocenters. The largest absolute Gasteiger partial charge is 0.477 e. The molecule has 0 saturated carbocycles. The van der Waals surface area contributed by atoms with Crippen LogP contribution in [0.1, 0.15) is 176 Å². The van der Waals surface area contributed by atoms with E-state index in [-0.39, 0.29) is 18.7 Å². The lowest BCUT2D eigenvalue weighted by molar-refractivity contribution is -0.426. The molecule has 0 saturated heterocycles. The van der Waals surface area contributed by atoms with Gasteiger partial charge in [0, 0.05) is 33.3 Å². The van der Waals surface area contributed by atoms with Gasteiger partial charge in [-0.3, -0.25) is 4.79 Å². The van der Waals surface area contributed by atoms with E-state index in [4.69, 9.17) is 4.74 Å². The Labute approximate surface area is 475 Å². The highest BCUT2D eigenvalue weighted by Crippen LogP contribution is 2.55. The monoisotopic (exact) mass is 1070 g/mol. The van der Waals surface area contributed by atoms with Gasteiger partial charge in [-0.2, -0.15) is 4.58 Å². The summed E-state index contributed by atoms with van der Waals surface area (Å²) >= 11 is 1.81. The summed E-state index contributed by atoms with van der Waals surface area (Å²) in [5, 5.41) is 20.2. The first-order valence-corrected chi connectivity index (χ1v) is 30.9. The maximum absolute atomic E-state index is 13.4. The Morgan fingerprint density at radius 1 is 0.646 bits per heavy atom. The van der Waals surface area contributed by atoms with Gasteiger partial charge in [0.15, 0.2) is 12.4 Å². The molecule has 3 heterocycles. The molecule has 412 valence electrons. The van der Waals surface area contributed by atoms with E-state index in [1.807, 2.05) is 11.3 Å². The van der Waals surface area contributed by atoms with Crippen LogP contribution in [0.3, 0.4) is 0 Å². The van der Waals surface area contributed by atoms with Gasteiger partial charge in [-0.15, -0.1) is 11.3 Å². The maximum Gasteiger partial charge on any atom is 0.370 e. The van der Waals surface area contributed by atoms with Crippen molar-refractivity contribution in [1.82, 2.24) is 0 Å². The number of anilines is 1. The number of unbranched alkanes of at least 4 members (excludes halogenated alkanes) is 14. The number of carbonyl (C=O) groups excluding carboxylic acids is 1. The summed E-state index contributed by atoms with van der Waals surface area (Å²) < 4.78 is 7.86. The molecule has 0 amide bonds. The molecule has 1 aromatic heterocycles. The van der Waals surface area contributed by atoms with Crippen molar-refractivity contribution in [2.24, 2.45) is 0 Å². The molecule has 0 fully saturated rings. The first-order chi connectivity index (χ1) is 38.7. The highest BCUT2D eigenvalue weighted by Gasteiger charge is 2.53. The quantitative estimate of drug-likeness (QED) is 0.0154. The zero-order chi connectivity index (χ0) is 55.0. The number of fused-ring (bicyclic) bond motifs is 8. The Morgan fingerprint density at radius 3 is 1.91 bits per heavy atom. The number of carboxylic acid groups (broad SMARTS) is 1. The SMILES string of the molecule is CCCCCCCCCCCCC1(Cc2ccc3ccccc3c2)C(/C=C/C=C/C=C2\N(COC=O)c3ccc(C(C)C)cc3C2(CCCCCCCC)Cc2cccs2)=[N+](CC(=O)O)c2c1c1ccccc1c1ccccc21. The number of benzene rings is 6. The summed E-state index contributed by atoms with van der Waals surface area (Å²) in [7, 11) is 0. The average molecular weight is 1070 g/mol. The van der Waals surface area contributed by atoms with Gasteiger partial charge in [-0.25, -0.2) is 4.79 Å². The van der Waals surface area contributed by atoms with Crippen molar-refractivity contribution < 1.29 is 24.0 Å². The first-order valence-electron chi connectivity index (χ1n) is 30.1. The van der Waals surface area contributed by atoms with Crippen molar-refractivity contribution in [3.63, 3.8) is 0 Å². The van der Waals surface area contributed by atoms with Gasteiger partial charge < -0.3 is 14.7 Å². The van der Waals surface area contributed by atoms with Gasteiger partial charge in [0.05, 0.1) is 10.8 Å². The molecule has 0 spiro atoms. The van der Waals surface area contributed by atoms with E-state index in [9.17, 15) is 14.7 Å². The van der Waals surface area contributed by atoms with Crippen LogP contribution in [-0.4, -0.2) is 41.1 Å². The van der Waals surface area contributed by atoms with E-state index in [2.05, 4.69) is 194 Å². The van der Waals surface area contributed by atoms with Gasteiger partial charge in [-0.1, -0.05) is 252 Å². The lowest BCUT2D eigenvalue weighted by atomic mass is 9.67. The first kappa shape index (κ1) is 57.1. The van der Waals surface area contributed by atoms with Crippen LogP contribution < -0.4 is 4.90 Å². The van der Waals surface area contributed by atoms with Crippen molar-refractivity contribution in [2.45, 2.75) is 173 Å². The zero-order valence-corrected chi connectivity index (χ0v) is 48.5. The Bertz CT molecular complexity index is 3310. The lowest BCUT2D eigenvalue weighted by Gasteiger charge is -2.34. The highest BCUT2D eigenvalue weighted by atomic mass is 32.1. The maximum atomic E-state index is 13.4. The summed E-state index contributed by atoms with van der Waals surface area (Å²) in [5.41, 5.74) is 8.44. The number of rotatable bonds is 31. The molecule has 2 aliphatic heterocycles. The number of thiophene rings is 1. The molecule has 6 nitrogen and oxygen atoms in total. The van der Waals surface area contributed by atoms with Crippen LogP contribution in [0.25, 0.3) is 32.3 Å². The van der Waals surface area contributed by atoms with Crippen LogP contribution in [0.15, 0.2) is 163 Å². The number of aliphatic carboxylic acids is 1. The summed E-state index contributed by atoms with van der Waals surface area (Å²) in [6, 6.07) is 44.3. The number of carbonyl (C=O) groups is 2. The molecular weight excluding hydrogens is 989 g/mol. The van der Waals surface area contributed by atoms with Gasteiger partial charge in [-0.05, 0) is 105 Å². The fourth-order valence-electron chi connectivity index (χ4n) is 13.4. The number of ether oxygens (including phenoxy) is 1. The number of hydrogen-bond donors (Lipinski definition) is 1. The minimum atomic E-state index is -0.860. The van der Waals surface area contributed by atoms with E-state index in [1.165, 1.54) is 132 Å². The van der Waals surface area contributed by atoms with Gasteiger partial charge >= 0.3 is 5.97 Å². The minimum absolute atomic E-state index is 0.119. The molecule has 2 unspecified atom stereocenters. The van der Waals surface area contributed by atoms with Crippen LogP contribution in [-0.2, 0) is 38.0 Å². The molecular formula is C72H85N2O4S+. The third-order valence-corrected chi connectivity index (χ3v) is 18.2. The van der Waals surface area contributed by atoms with Gasteiger partial charge in [0.2, 0.25) is 12.2 Å². The third-order valence-electron chi connectivity index (χ3n) is 17.3. The summed E-state index contributed by atoms with van der Waals surface area (Å²) in [5.74, 6) is -0.507. The normalized spacial score (nSPS) is 17.7. The van der Waals surface area contributed by atoms with Crippen LogP contribution in [0, 0.1) is 0 Å². The van der Waals surface area contributed by atoms with Crippen LogP contribution in [0.5, 0.6) is 0 Å². The summed E-state index contributed by atoms with van der Waals surface area (Å²) in [6.07, 6.45) is 34.0. The molecule has 0 aliphatic carbocycles. The van der Waals surface area contributed by atoms with Crippen molar-refractivity contribution in [3.05, 3.63) is 190 Å². The second kappa shape index (κ2) is 27.5. The fraction of sp³-hybridized carbons (Fsp3) is 0.403. The van der Waals surface area contributed by atoms with Crippen molar-refractivity contribution >= 4 is 73.2 Å². The lowest BCUT2D eigenvalue weighted by Crippen LogP contribution is -2.38. The van der Waals surface area contributed by atoms with E-state index in [1.54, 1.807) is 0 Å². The molecule has 6 aromatic carbocycles. The fourth-order valence-corrected chi connectivity index (χ4v) is 14.3. The number of nitrogens with zero attached hydrogens (tertiary/aromatic N) is 2. The van der Waals surface area contributed by atoms with E-state index in [0.29, 0.717) is 12.4 Å². The van der Waals surface area contributed by atoms with Crippen molar-refractivity contribution in [2.75, 3.05) is 18.2 Å². The van der Waals surface area contributed by atoms with Crippen molar-refractivity contribution in [1.29, 1.82) is 0 Å². The molecule has 0 radical (unpaired) electrons. The Hall–Kier alpha value is -6.57. The topological polar surface area (TPSA) is 69.8 Å². The smallest absolute Gasteiger partial charge is 0.370 e. The highest BCUT2D eigenvalue weighted by molar-refractivity contribution is 7.09. The standard InChI is InChI=1S/C72H84N2O4S/c1-5-7-9-11-13-14-15-16-18-29-45-72(49-55-40-41-56-31-22-23-32-58(56)47-55)67(73(51-68(76)77)70-63-37-27-25-35-61(63)60-34-24-26-36-62(60)69(70)72)39-21-19-20-38-66-71(50-59-33-30-46-79-59,44-28-17-12-10-8-6-2)64-48-57(54(3)4)42-43-65(64)74(66)52-78-53-75/h19-27,30-43,46-48,53-54H,5-18,28-29,44-45,49-52H2,1-4H3/p+1. The van der Waals surface area contributed by atoms with Crippen molar-refractivity contribution in [3.8, 4) is 0 Å². The van der Waals surface area contributed by atoms with Gasteiger partial charge in [0.1, 0.15) is 0 Å². The number of carboxylic acids is 1. The minimum Gasteiger partial charge on any atom is -0.477 e. The number of hydrogen-bond acceptors (Lipinski definition) is 5. The van der Waals surface area contributed by atoms with Crippen LogP contribution >= 0.6 is 11.3 Å². The molecule has 79 heavy (non-hydrogen) atoms. The Morgan fingerprint density at radius 2 is 1.27 bits per heavy atom. The van der Waals surface area contributed by atoms with E-state index in [0.717, 1.165) is 78.5 Å². The molecule has 2 aliphatic rings. The molecule has 9 rings (SSSR count). The third kappa shape index (κ3) is 12.9. The van der Waals surface area contributed by atoms with E-state index >= 15 is 0 Å².